The minimum absolute atomic E-state index is 0.246. The third-order valence-electron chi connectivity index (χ3n) is 2.77. The predicted octanol–water partition coefficient (Wildman–Crippen LogP) is -0.405. The number of hydrogen-bond acceptors (Lipinski definition) is 4. The Balaban J connectivity index is 2.27. The number of aliphatic hydroxyl groups excluding tert-OH is 1. The lowest BCUT2D eigenvalue weighted by Gasteiger charge is -2.14. The first kappa shape index (κ1) is 11.1. The monoisotopic (exact) mass is 226 g/mol. The Morgan fingerprint density at radius 3 is 2.94 bits per heavy atom. The van der Waals surface area contributed by atoms with Crippen molar-refractivity contribution in [1.29, 1.82) is 0 Å². The van der Waals surface area contributed by atoms with Crippen molar-refractivity contribution in [2.45, 2.75) is 38.2 Å². The largest absolute Gasteiger partial charge is 0.390 e. The van der Waals surface area contributed by atoms with Crippen LogP contribution < -0.4 is 11.2 Å². The third-order valence-corrected chi connectivity index (χ3v) is 2.77. The number of rotatable bonds is 2. The van der Waals surface area contributed by atoms with Gasteiger partial charge in [-0.25, -0.2) is 4.79 Å². The third kappa shape index (κ3) is 1.94. The van der Waals surface area contributed by atoms with E-state index in [1.54, 1.807) is 0 Å². The maximum atomic E-state index is 11.5. The molecular weight excluding hydrogens is 212 g/mol. The van der Waals surface area contributed by atoms with Gasteiger partial charge in [-0.05, 0) is 6.42 Å². The molecule has 0 bridgehead atoms. The Labute approximate surface area is 91.5 Å². The molecule has 16 heavy (non-hydrogen) atoms. The van der Waals surface area contributed by atoms with Crippen molar-refractivity contribution in [1.82, 2.24) is 9.55 Å². The Morgan fingerprint density at radius 1 is 1.62 bits per heavy atom. The Bertz CT molecular complexity index is 478. The quantitative estimate of drug-likeness (QED) is 0.718. The van der Waals surface area contributed by atoms with E-state index in [0.29, 0.717) is 12.8 Å². The van der Waals surface area contributed by atoms with Gasteiger partial charge in [0, 0.05) is 18.7 Å². The first-order chi connectivity index (χ1) is 7.61. The summed E-state index contributed by atoms with van der Waals surface area (Å²) in [6.07, 6.45) is 1.14. The second-order valence-electron chi connectivity index (χ2n) is 3.86. The molecule has 2 N–H and O–H groups in total. The molecule has 6 nitrogen and oxygen atoms in total. The van der Waals surface area contributed by atoms with Crippen LogP contribution in [0.15, 0.2) is 21.9 Å². The molecule has 1 fully saturated rings. The number of nitrogens with one attached hydrogen (secondary N) is 1. The van der Waals surface area contributed by atoms with Crippen molar-refractivity contribution in [2.24, 2.45) is 0 Å². The fourth-order valence-electron chi connectivity index (χ4n) is 1.91. The van der Waals surface area contributed by atoms with Gasteiger partial charge in [-0.3, -0.25) is 14.3 Å². The maximum Gasteiger partial charge on any atom is 0.330 e. The van der Waals surface area contributed by atoms with Gasteiger partial charge < -0.3 is 9.84 Å². The summed E-state index contributed by atoms with van der Waals surface area (Å²) in [7, 11) is 0. The zero-order chi connectivity index (χ0) is 11.7. The van der Waals surface area contributed by atoms with Crippen molar-refractivity contribution in [3.05, 3.63) is 33.1 Å². The van der Waals surface area contributed by atoms with Crippen LogP contribution in [0.4, 0.5) is 0 Å². The van der Waals surface area contributed by atoms with Gasteiger partial charge in [0.2, 0.25) is 0 Å². The number of aromatic nitrogens is 2. The van der Waals surface area contributed by atoms with Crippen LogP contribution in [0, 0.1) is 0 Å². The lowest BCUT2D eigenvalue weighted by atomic mass is 10.1. The van der Waals surface area contributed by atoms with Crippen molar-refractivity contribution in [3.8, 4) is 0 Å². The molecule has 1 aliphatic heterocycles. The zero-order valence-corrected chi connectivity index (χ0v) is 8.92. The highest BCUT2D eigenvalue weighted by Gasteiger charge is 2.33. The second kappa shape index (κ2) is 4.23. The summed E-state index contributed by atoms with van der Waals surface area (Å²) in [4.78, 5) is 24.5. The number of aromatic amines is 1. The molecule has 2 heterocycles. The lowest BCUT2D eigenvalue weighted by molar-refractivity contribution is -0.0217. The van der Waals surface area contributed by atoms with E-state index in [2.05, 4.69) is 4.98 Å². The smallest absolute Gasteiger partial charge is 0.330 e. The fourth-order valence-corrected chi connectivity index (χ4v) is 1.91. The molecule has 0 amide bonds. The van der Waals surface area contributed by atoms with Gasteiger partial charge >= 0.3 is 5.69 Å². The Morgan fingerprint density at radius 2 is 2.38 bits per heavy atom. The lowest BCUT2D eigenvalue weighted by Crippen LogP contribution is -2.31. The van der Waals surface area contributed by atoms with Crippen LogP contribution in [0.2, 0.25) is 0 Å². The van der Waals surface area contributed by atoms with Crippen molar-refractivity contribution < 1.29 is 9.84 Å². The highest BCUT2D eigenvalue weighted by atomic mass is 16.5. The summed E-state index contributed by atoms with van der Waals surface area (Å²) in [6.45, 7) is 1.91. The molecule has 1 aromatic rings. The minimum Gasteiger partial charge on any atom is -0.390 e. The summed E-state index contributed by atoms with van der Waals surface area (Å²) in [5.74, 6) is 0. The van der Waals surface area contributed by atoms with E-state index in [1.807, 2.05) is 6.92 Å². The first-order valence-corrected chi connectivity index (χ1v) is 5.27. The molecule has 0 saturated carbocycles. The number of aliphatic hydroxyl groups is 1. The average molecular weight is 226 g/mol. The van der Waals surface area contributed by atoms with E-state index in [1.165, 1.54) is 16.8 Å². The van der Waals surface area contributed by atoms with E-state index >= 15 is 0 Å². The Kier molecular flexibility index (Phi) is 2.93. The van der Waals surface area contributed by atoms with Gasteiger partial charge in [0.05, 0.1) is 12.2 Å². The molecule has 0 radical (unpaired) electrons. The van der Waals surface area contributed by atoms with Crippen molar-refractivity contribution in [3.63, 3.8) is 0 Å². The summed E-state index contributed by atoms with van der Waals surface area (Å²) in [6, 6.07) is 1.26. The van der Waals surface area contributed by atoms with Crippen molar-refractivity contribution in [2.75, 3.05) is 0 Å². The molecule has 2 rings (SSSR count). The molecule has 0 aromatic carbocycles. The number of ether oxygens (including phenoxy) is 1. The van der Waals surface area contributed by atoms with Gasteiger partial charge in [0.15, 0.2) is 0 Å². The molecule has 1 aromatic heterocycles. The Hall–Kier alpha value is -1.40. The summed E-state index contributed by atoms with van der Waals surface area (Å²) >= 11 is 0. The average Bonchev–Trinajstić information content (AvgIpc) is 2.59. The van der Waals surface area contributed by atoms with Crippen LogP contribution in [0.25, 0.3) is 0 Å². The molecular formula is C10H14N2O4. The van der Waals surface area contributed by atoms with Gasteiger partial charge in [-0.1, -0.05) is 6.92 Å². The summed E-state index contributed by atoms with van der Waals surface area (Å²) in [5, 5.41) is 9.65. The standard InChI is InChI=1S/C10H14N2O4/c1-2-7-6(13)5-9(16-7)12-4-3-8(14)11-10(12)15/h3-4,6-7,9,13H,2,5H2,1H3,(H,11,14,15)/t6?,7-,9-/m1/s1. The predicted molar refractivity (Wildman–Crippen MR) is 56.1 cm³/mol. The van der Waals surface area contributed by atoms with Crippen LogP contribution in [0.3, 0.4) is 0 Å². The van der Waals surface area contributed by atoms with E-state index in [0.717, 1.165) is 0 Å². The van der Waals surface area contributed by atoms with Gasteiger partial charge in [0.1, 0.15) is 6.23 Å². The molecule has 1 aliphatic rings. The van der Waals surface area contributed by atoms with E-state index in [-0.39, 0.29) is 6.10 Å². The van der Waals surface area contributed by atoms with E-state index < -0.39 is 23.6 Å². The minimum atomic E-state index is -0.561. The van der Waals surface area contributed by atoms with Gasteiger partial charge in [-0.15, -0.1) is 0 Å². The van der Waals surface area contributed by atoms with E-state index in [9.17, 15) is 14.7 Å². The topological polar surface area (TPSA) is 84.3 Å². The summed E-state index contributed by atoms with van der Waals surface area (Å²) in [5.41, 5.74) is -0.951. The number of H-pyrrole nitrogens is 1. The normalized spacial score (nSPS) is 29.5. The molecule has 3 atom stereocenters. The van der Waals surface area contributed by atoms with Gasteiger partial charge in [0.25, 0.3) is 5.56 Å². The van der Waals surface area contributed by atoms with Crippen molar-refractivity contribution >= 4 is 0 Å². The first-order valence-electron chi connectivity index (χ1n) is 5.27. The van der Waals surface area contributed by atoms with Crippen LogP contribution in [0.1, 0.15) is 26.0 Å². The summed E-state index contributed by atoms with van der Waals surface area (Å²) < 4.78 is 6.81. The second-order valence-corrected chi connectivity index (χ2v) is 3.86. The maximum absolute atomic E-state index is 11.5. The number of nitrogens with zero attached hydrogens (tertiary/aromatic N) is 1. The molecule has 6 heteroatoms. The fraction of sp³-hybridized carbons (Fsp3) is 0.600. The van der Waals surface area contributed by atoms with Crippen LogP contribution >= 0.6 is 0 Å². The molecule has 0 spiro atoms. The molecule has 1 unspecified atom stereocenters. The number of hydrogen-bond donors (Lipinski definition) is 2. The highest BCUT2D eigenvalue weighted by Crippen LogP contribution is 2.28. The van der Waals surface area contributed by atoms with Crippen LogP contribution in [-0.2, 0) is 4.74 Å². The van der Waals surface area contributed by atoms with Gasteiger partial charge in [-0.2, -0.15) is 0 Å². The highest BCUT2D eigenvalue weighted by molar-refractivity contribution is 4.87. The molecule has 88 valence electrons. The van der Waals surface area contributed by atoms with E-state index in [4.69, 9.17) is 4.74 Å². The zero-order valence-electron chi connectivity index (χ0n) is 8.92. The molecule has 0 aliphatic carbocycles. The van der Waals surface area contributed by atoms with Crippen LogP contribution in [-0.4, -0.2) is 26.9 Å². The van der Waals surface area contributed by atoms with Crippen LogP contribution in [0.5, 0.6) is 0 Å². The molecule has 1 saturated heterocycles. The SMILES string of the molecule is CC[C@H]1O[C@@H](n2ccc(=O)[nH]c2=O)CC1O.